The van der Waals surface area contributed by atoms with E-state index in [1.165, 1.54) is 5.56 Å². The van der Waals surface area contributed by atoms with Gasteiger partial charge in [-0.05, 0) is 36.2 Å². The lowest BCUT2D eigenvalue weighted by molar-refractivity contribution is 0.108. The van der Waals surface area contributed by atoms with Gasteiger partial charge in [-0.1, -0.05) is 44.2 Å². The summed E-state index contributed by atoms with van der Waals surface area (Å²) < 4.78 is 0. The van der Waals surface area contributed by atoms with Crippen molar-refractivity contribution in [1.82, 2.24) is 0 Å². The van der Waals surface area contributed by atoms with Crippen molar-refractivity contribution in [3.8, 4) is 0 Å². The standard InChI is InChI=1S/C14H20O/c1-10(12-7-5-4-6-8-12)13-9-14(13,3)11(2)15/h4-8,10-11,13,15H,9H2,1-3H3/t10-,11?,13-,14+/m0/s1. The monoisotopic (exact) mass is 204 g/mol. The van der Waals surface area contributed by atoms with Crippen molar-refractivity contribution in [2.24, 2.45) is 11.3 Å². The van der Waals surface area contributed by atoms with Gasteiger partial charge in [-0.15, -0.1) is 0 Å². The highest BCUT2D eigenvalue weighted by Gasteiger charge is 2.55. The van der Waals surface area contributed by atoms with Crippen LogP contribution < -0.4 is 0 Å². The molecule has 1 aromatic rings. The van der Waals surface area contributed by atoms with Gasteiger partial charge in [0.1, 0.15) is 0 Å². The van der Waals surface area contributed by atoms with E-state index in [-0.39, 0.29) is 11.5 Å². The van der Waals surface area contributed by atoms with Crippen LogP contribution in [-0.2, 0) is 0 Å². The molecule has 1 fully saturated rings. The number of aliphatic hydroxyl groups excluding tert-OH is 1. The average Bonchev–Trinajstić information content (AvgIpc) is 2.93. The molecule has 0 heterocycles. The van der Waals surface area contributed by atoms with Gasteiger partial charge >= 0.3 is 0 Å². The van der Waals surface area contributed by atoms with Gasteiger partial charge in [-0.25, -0.2) is 0 Å². The quantitative estimate of drug-likeness (QED) is 0.801. The number of aliphatic hydroxyl groups is 1. The molecule has 1 nitrogen and oxygen atoms in total. The molecule has 15 heavy (non-hydrogen) atoms. The Labute approximate surface area is 92.1 Å². The fourth-order valence-electron chi connectivity index (χ4n) is 2.63. The average molecular weight is 204 g/mol. The lowest BCUT2D eigenvalue weighted by Crippen LogP contribution is -2.18. The second-order valence-electron chi connectivity index (χ2n) is 5.19. The predicted octanol–water partition coefficient (Wildman–Crippen LogP) is 3.20. The summed E-state index contributed by atoms with van der Waals surface area (Å²) in [5.74, 6) is 1.20. The van der Waals surface area contributed by atoms with E-state index in [4.69, 9.17) is 0 Å². The summed E-state index contributed by atoms with van der Waals surface area (Å²) >= 11 is 0. The maximum Gasteiger partial charge on any atom is 0.0568 e. The summed E-state index contributed by atoms with van der Waals surface area (Å²) in [5.41, 5.74) is 1.54. The van der Waals surface area contributed by atoms with Gasteiger partial charge in [-0.2, -0.15) is 0 Å². The Morgan fingerprint density at radius 1 is 1.27 bits per heavy atom. The summed E-state index contributed by atoms with van der Waals surface area (Å²) in [6.07, 6.45) is 0.967. The van der Waals surface area contributed by atoms with Gasteiger partial charge in [0.05, 0.1) is 6.10 Å². The van der Waals surface area contributed by atoms with Crippen LogP contribution in [0.25, 0.3) is 0 Å². The van der Waals surface area contributed by atoms with Crippen LogP contribution in [0.4, 0.5) is 0 Å². The molecular weight excluding hydrogens is 184 g/mol. The topological polar surface area (TPSA) is 20.2 Å². The van der Waals surface area contributed by atoms with E-state index >= 15 is 0 Å². The molecule has 4 atom stereocenters. The fraction of sp³-hybridized carbons (Fsp3) is 0.571. The van der Waals surface area contributed by atoms with Gasteiger partial charge < -0.3 is 5.11 Å². The lowest BCUT2D eigenvalue weighted by Gasteiger charge is -2.19. The Hall–Kier alpha value is -0.820. The third-order valence-corrected chi connectivity index (χ3v) is 4.23. The molecule has 0 radical (unpaired) electrons. The molecule has 0 aromatic heterocycles. The molecule has 0 bridgehead atoms. The third kappa shape index (κ3) is 1.81. The molecule has 1 unspecified atom stereocenters. The molecule has 1 heteroatoms. The molecule has 2 rings (SSSR count). The smallest absolute Gasteiger partial charge is 0.0568 e. The molecule has 1 saturated carbocycles. The number of hydrogen-bond acceptors (Lipinski definition) is 1. The maximum absolute atomic E-state index is 9.72. The second-order valence-corrected chi connectivity index (χ2v) is 5.19. The summed E-state index contributed by atoms with van der Waals surface area (Å²) in [6.45, 7) is 6.38. The van der Waals surface area contributed by atoms with Gasteiger partial charge in [0.2, 0.25) is 0 Å². The Morgan fingerprint density at radius 3 is 2.33 bits per heavy atom. The summed E-state index contributed by atoms with van der Waals surface area (Å²) in [4.78, 5) is 0. The molecule has 0 amide bonds. The fourth-order valence-corrected chi connectivity index (χ4v) is 2.63. The van der Waals surface area contributed by atoms with Gasteiger partial charge in [-0.3, -0.25) is 0 Å². The first-order valence-electron chi connectivity index (χ1n) is 5.78. The summed E-state index contributed by atoms with van der Waals surface area (Å²) in [7, 11) is 0. The Balaban J connectivity index is 2.09. The Kier molecular flexibility index (Phi) is 2.59. The molecule has 1 aliphatic carbocycles. The molecule has 82 valence electrons. The Morgan fingerprint density at radius 2 is 1.87 bits per heavy atom. The lowest BCUT2D eigenvalue weighted by atomic mass is 9.89. The van der Waals surface area contributed by atoms with E-state index in [2.05, 4.69) is 44.2 Å². The first-order chi connectivity index (χ1) is 7.05. The van der Waals surface area contributed by atoms with E-state index in [0.717, 1.165) is 6.42 Å². The minimum absolute atomic E-state index is 0.148. The van der Waals surface area contributed by atoms with Crippen LogP contribution in [-0.4, -0.2) is 11.2 Å². The third-order valence-electron chi connectivity index (χ3n) is 4.23. The highest BCUT2D eigenvalue weighted by molar-refractivity contribution is 5.23. The minimum atomic E-state index is -0.186. The minimum Gasteiger partial charge on any atom is -0.393 e. The van der Waals surface area contributed by atoms with Crippen LogP contribution in [0.15, 0.2) is 30.3 Å². The molecule has 1 aliphatic rings. The molecule has 0 aliphatic heterocycles. The number of rotatable bonds is 3. The van der Waals surface area contributed by atoms with Crippen molar-refractivity contribution in [2.75, 3.05) is 0 Å². The van der Waals surface area contributed by atoms with Gasteiger partial charge in [0, 0.05) is 0 Å². The van der Waals surface area contributed by atoms with Crippen LogP contribution in [0.1, 0.15) is 38.7 Å². The zero-order valence-electron chi connectivity index (χ0n) is 9.77. The summed E-state index contributed by atoms with van der Waals surface area (Å²) in [5, 5.41) is 9.72. The maximum atomic E-state index is 9.72. The second kappa shape index (κ2) is 3.64. The largest absolute Gasteiger partial charge is 0.393 e. The van der Waals surface area contributed by atoms with Crippen molar-refractivity contribution in [3.05, 3.63) is 35.9 Å². The van der Waals surface area contributed by atoms with E-state index in [1.54, 1.807) is 0 Å². The van der Waals surface area contributed by atoms with E-state index in [0.29, 0.717) is 11.8 Å². The van der Waals surface area contributed by atoms with Crippen LogP contribution in [0, 0.1) is 11.3 Å². The van der Waals surface area contributed by atoms with Crippen molar-refractivity contribution >= 4 is 0 Å². The zero-order chi connectivity index (χ0) is 11.1. The van der Waals surface area contributed by atoms with Crippen molar-refractivity contribution < 1.29 is 5.11 Å². The van der Waals surface area contributed by atoms with E-state index in [1.807, 2.05) is 6.92 Å². The molecule has 1 N–H and O–H groups in total. The van der Waals surface area contributed by atoms with Gasteiger partial charge in [0.25, 0.3) is 0 Å². The summed E-state index contributed by atoms with van der Waals surface area (Å²) in [6, 6.07) is 10.6. The Bertz CT molecular complexity index is 330. The van der Waals surface area contributed by atoms with Crippen molar-refractivity contribution in [1.29, 1.82) is 0 Å². The SMILES string of the molecule is CC(O)[C@@]1(C)C[C@H]1[C@@H](C)c1ccccc1. The first kappa shape index (κ1) is 10.7. The van der Waals surface area contributed by atoms with Crippen LogP contribution >= 0.6 is 0 Å². The molecule has 0 spiro atoms. The number of benzene rings is 1. The van der Waals surface area contributed by atoms with Crippen LogP contribution in [0.3, 0.4) is 0 Å². The first-order valence-corrected chi connectivity index (χ1v) is 5.78. The number of hydrogen-bond donors (Lipinski definition) is 1. The molecule has 0 saturated heterocycles. The highest BCUT2D eigenvalue weighted by atomic mass is 16.3. The van der Waals surface area contributed by atoms with Crippen LogP contribution in [0.2, 0.25) is 0 Å². The van der Waals surface area contributed by atoms with E-state index in [9.17, 15) is 5.11 Å². The normalized spacial score (nSPS) is 33.5. The van der Waals surface area contributed by atoms with Crippen LogP contribution in [0.5, 0.6) is 0 Å². The molecular formula is C14H20O. The molecule has 1 aromatic carbocycles. The highest BCUT2D eigenvalue weighted by Crippen LogP contribution is 2.60. The van der Waals surface area contributed by atoms with Crippen molar-refractivity contribution in [3.63, 3.8) is 0 Å². The zero-order valence-corrected chi connectivity index (χ0v) is 9.77. The van der Waals surface area contributed by atoms with Crippen molar-refractivity contribution in [2.45, 2.75) is 39.2 Å². The predicted molar refractivity (Wildman–Crippen MR) is 62.8 cm³/mol. The van der Waals surface area contributed by atoms with E-state index < -0.39 is 0 Å². The van der Waals surface area contributed by atoms with Gasteiger partial charge in [0.15, 0.2) is 0 Å².